The van der Waals surface area contributed by atoms with Crippen molar-refractivity contribution in [3.63, 3.8) is 0 Å². The van der Waals surface area contributed by atoms with Crippen LogP contribution in [0.25, 0.3) is 0 Å². The maximum atomic E-state index is 12.0. The molecule has 126 valence electrons. The Morgan fingerprint density at radius 2 is 2.17 bits per heavy atom. The zero-order valence-corrected chi connectivity index (χ0v) is 13.7. The first-order valence-electron chi connectivity index (χ1n) is 7.75. The van der Waals surface area contributed by atoms with Crippen molar-refractivity contribution in [1.29, 1.82) is 0 Å². The van der Waals surface area contributed by atoms with Gasteiger partial charge in [-0.2, -0.15) is 0 Å². The van der Waals surface area contributed by atoms with Gasteiger partial charge in [0.05, 0.1) is 6.54 Å². The summed E-state index contributed by atoms with van der Waals surface area (Å²) in [6, 6.07) is 5.84. The molecule has 0 radical (unpaired) electrons. The summed E-state index contributed by atoms with van der Waals surface area (Å²) in [7, 11) is 0. The highest BCUT2D eigenvalue weighted by Crippen LogP contribution is 2.41. The van der Waals surface area contributed by atoms with E-state index < -0.39 is 0 Å². The van der Waals surface area contributed by atoms with Crippen LogP contribution in [0.15, 0.2) is 30.6 Å². The Labute approximate surface area is 140 Å². The first-order chi connectivity index (χ1) is 11.5. The third-order valence-electron chi connectivity index (χ3n) is 3.64. The van der Waals surface area contributed by atoms with Crippen LogP contribution in [0.3, 0.4) is 0 Å². The normalized spacial score (nSPS) is 14.6. The second-order valence-electron chi connectivity index (χ2n) is 6.18. The number of carbonyl (C=O) groups excluding carboxylic acids is 1. The molecule has 0 fully saturated rings. The van der Waals surface area contributed by atoms with Gasteiger partial charge in [-0.1, -0.05) is 12.1 Å². The summed E-state index contributed by atoms with van der Waals surface area (Å²) >= 11 is 0. The average molecular weight is 328 g/mol. The molecule has 24 heavy (non-hydrogen) atoms. The number of benzene rings is 1. The van der Waals surface area contributed by atoms with Crippen molar-refractivity contribution in [2.75, 3.05) is 18.9 Å². The van der Waals surface area contributed by atoms with Crippen LogP contribution < -0.4 is 20.5 Å². The smallest absolute Gasteiger partial charge is 0.273 e. The van der Waals surface area contributed by atoms with E-state index in [2.05, 4.69) is 15.3 Å². The molecule has 0 aliphatic carbocycles. The number of nitrogens with zero attached hydrogens (tertiary/aromatic N) is 2. The van der Waals surface area contributed by atoms with E-state index in [9.17, 15) is 4.79 Å². The minimum Gasteiger partial charge on any atom is -0.488 e. The van der Waals surface area contributed by atoms with E-state index in [0.717, 1.165) is 17.7 Å². The van der Waals surface area contributed by atoms with Crippen molar-refractivity contribution < 1.29 is 14.3 Å². The third-order valence-corrected chi connectivity index (χ3v) is 3.64. The van der Waals surface area contributed by atoms with Gasteiger partial charge in [-0.05, 0) is 19.9 Å². The monoisotopic (exact) mass is 328 g/mol. The zero-order chi connectivity index (χ0) is 17.2. The lowest BCUT2D eigenvalue weighted by molar-refractivity contribution is 0.0942. The Kier molecular flexibility index (Phi) is 4.24. The van der Waals surface area contributed by atoms with Crippen LogP contribution in [0.4, 0.5) is 5.82 Å². The number of hydrogen-bond donors (Lipinski definition) is 2. The molecule has 2 aromatic rings. The van der Waals surface area contributed by atoms with E-state index in [1.165, 1.54) is 12.4 Å². The number of anilines is 1. The second-order valence-corrected chi connectivity index (χ2v) is 6.18. The van der Waals surface area contributed by atoms with Crippen molar-refractivity contribution in [3.8, 4) is 11.5 Å². The zero-order valence-electron chi connectivity index (χ0n) is 13.7. The fourth-order valence-electron chi connectivity index (χ4n) is 2.63. The predicted octanol–water partition coefficient (Wildman–Crippen LogP) is 1.58. The quantitative estimate of drug-likeness (QED) is 0.809. The summed E-state index contributed by atoms with van der Waals surface area (Å²) in [5.41, 5.74) is 6.65. The molecule has 0 spiro atoms. The van der Waals surface area contributed by atoms with Crippen molar-refractivity contribution in [2.45, 2.75) is 25.9 Å². The molecule has 0 saturated heterocycles. The highest BCUT2D eigenvalue weighted by Gasteiger charge is 2.32. The van der Waals surface area contributed by atoms with Crippen LogP contribution in [-0.2, 0) is 6.42 Å². The topological polar surface area (TPSA) is 99.4 Å². The lowest BCUT2D eigenvalue weighted by Gasteiger charge is -2.18. The number of aromatic nitrogens is 2. The molecule has 0 atom stereocenters. The lowest BCUT2D eigenvalue weighted by Crippen LogP contribution is -2.29. The summed E-state index contributed by atoms with van der Waals surface area (Å²) in [6.07, 6.45) is 3.71. The van der Waals surface area contributed by atoms with E-state index in [4.69, 9.17) is 15.2 Å². The van der Waals surface area contributed by atoms with E-state index in [1.54, 1.807) is 0 Å². The minimum absolute atomic E-state index is 0.104. The van der Waals surface area contributed by atoms with Gasteiger partial charge in [-0.25, -0.2) is 9.97 Å². The van der Waals surface area contributed by atoms with Crippen LogP contribution >= 0.6 is 0 Å². The minimum atomic E-state index is -0.375. The Morgan fingerprint density at radius 3 is 2.96 bits per heavy atom. The molecule has 1 aromatic carbocycles. The molecule has 7 nitrogen and oxygen atoms in total. The van der Waals surface area contributed by atoms with Crippen molar-refractivity contribution >= 4 is 11.7 Å². The summed E-state index contributed by atoms with van der Waals surface area (Å²) < 4.78 is 11.7. The molecule has 3 N–H and O–H groups in total. The molecule has 1 aliphatic rings. The van der Waals surface area contributed by atoms with Gasteiger partial charge in [-0.3, -0.25) is 4.79 Å². The van der Waals surface area contributed by atoms with Gasteiger partial charge in [0.25, 0.3) is 5.91 Å². The van der Waals surface area contributed by atoms with Crippen molar-refractivity contribution in [1.82, 2.24) is 15.3 Å². The van der Waals surface area contributed by atoms with Gasteiger partial charge in [0.15, 0.2) is 23.0 Å². The number of rotatable bonds is 5. The number of nitrogens with one attached hydrogen (secondary N) is 1. The van der Waals surface area contributed by atoms with E-state index in [-0.39, 0.29) is 23.0 Å². The number of nitrogen functional groups attached to an aromatic ring is 1. The summed E-state index contributed by atoms with van der Waals surface area (Å²) in [5.74, 6) is 1.20. The largest absolute Gasteiger partial charge is 0.488 e. The molecule has 7 heteroatoms. The SMILES string of the molecule is CC1(C)Cc2cccc(OCCNC(=O)c3nccnc3N)c2O1. The first-order valence-corrected chi connectivity index (χ1v) is 7.75. The molecule has 0 saturated carbocycles. The number of carbonyl (C=O) groups is 1. The van der Waals surface area contributed by atoms with Crippen LogP contribution in [0.2, 0.25) is 0 Å². The lowest BCUT2D eigenvalue weighted by atomic mass is 10.0. The average Bonchev–Trinajstić information content (AvgIpc) is 2.86. The Morgan fingerprint density at radius 1 is 1.38 bits per heavy atom. The highest BCUT2D eigenvalue weighted by molar-refractivity contribution is 5.96. The number of hydrogen-bond acceptors (Lipinski definition) is 6. The van der Waals surface area contributed by atoms with Crippen molar-refractivity contribution in [2.24, 2.45) is 0 Å². The van der Waals surface area contributed by atoms with E-state index >= 15 is 0 Å². The second kappa shape index (κ2) is 6.35. The Hall–Kier alpha value is -2.83. The molecule has 0 bridgehead atoms. The Balaban J connectivity index is 1.54. The van der Waals surface area contributed by atoms with Gasteiger partial charge >= 0.3 is 0 Å². The van der Waals surface area contributed by atoms with E-state index in [1.807, 2.05) is 32.0 Å². The number of fused-ring (bicyclic) bond motifs is 1. The fourth-order valence-corrected chi connectivity index (χ4v) is 2.63. The Bertz CT molecular complexity index is 761. The predicted molar refractivity (Wildman–Crippen MR) is 89.1 cm³/mol. The summed E-state index contributed by atoms with van der Waals surface area (Å²) in [4.78, 5) is 19.7. The summed E-state index contributed by atoms with van der Waals surface area (Å²) in [5, 5.41) is 2.71. The standard InChI is InChI=1S/C17H20N4O3/c1-17(2)10-11-4-3-5-12(14(11)24-17)23-9-8-21-16(22)13-15(18)20-7-6-19-13/h3-7H,8-10H2,1-2H3,(H2,18,20)(H,21,22). The molecule has 1 aromatic heterocycles. The molecule has 3 rings (SSSR count). The number of nitrogens with two attached hydrogens (primary N) is 1. The molecule has 1 aliphatic heterocycles. The van der Waals surface area contributed by atoms with Crippen LogP contribution in [0.5, 0.6) is 11.5 Å². The number of ether oxygens (including phenoxy) is 2. The highest BCUT2D eigenvalue weighted by atomic mass is 16.5. The maximum Gasteiger partial charge on any atom is 0.273 e. The molecular formula is C17H20N4O3. The van der Waals surface area contributed by atoms with Gasteiger partial charge in [0, 0.05) is 24.4 Å². The van der Waals surface area contributed by atoms with Crippen LogP contribution in [0.1, 0.15) is 29.9 Å². The van der Waals surface area contributed by atoms with Gasteiger partial charge < -0.3 is 20.5 Å². The van der Waals surface area contributed by atoms with Gasteiger partial charge in [0.1, 0.15) is 12.2 Å². The van der Waals surface area contributed by atoms with Crippen LogP contribution in [-0.4, -0.2) is 34.6 Å². The molecule has 2 heterocycles. The van der Waals surface area contributed by atoms with Crippen molar-refractivity contribution in [3.05, 3.63) is 41.9 Å². The van der Waals surface area contributed by atoms with Crippen LogP contribution in [0, 0.1) is 0 Å². The maximum absolute atomic E-state index is 12.0. The summed E-state index contributed by atoms with van der Waals surface area (Å²) in [6.45, 7) is 4.72. The van der Waals surface area contributed by atoms with E-state index in [0.29, 0.717) is 18.9 Å². The number of para-hydroxylation sites is 1. The molecular weight excluding hydrogens is 308 g/mol. The molecule has 0 unspecified atom stereocenters. The van der Waals surface area contributed by atoms with Gasteiger partial charge in [-0.15, -0.1) is 0 Å². The number of amides is 1. The fraction of sp³-hybridized carbons (Fsp3) is 0.353. The first kappa shape index (κ1) is 16.0. The van der Waals surface area contributed by atoms with Gasteiger partial charge in [0.2, 0.25) is 0 Å². The third kappa shape index (κ3) is 3.40. The molecule has 1 amide bonds.